The third kappa shape index (κ3) is 4.77. The molecule has 0 saturated carbocycles. The molecule has 1 aliphatic heterocycles. The smallest absolute Gasteiger partial charge is 0.237 e. The summed E-state index contributed by atoms with van der Waals surface area (Å²) >= 11 is 0. The monoisotopic (exact) mass is 540 g/mol. The number of halogens is 2. The number of benzene rings is 2. The molecule has 1 spiro atoms. The minimum Gasteiger partial charge on any atom is -0.332 e. The standard InChI is InChI=1S/C32H30F2N4O2/c1-19(21-13-25(33)15-26(34)14-21)38(30(40)31(2,3)4)10-6-7-20-11-22-16-32(17-23(22)12-24(20)18-35)27-8-5-9-36-28(27)37-29(32)39/h5-9,11-15,19H,10,16-17H2,1-4H3,(H,36,37,39)/t19-,32+/m1/s1. The van der Waals surface area contributed by atoms with E-state index in [2.05, 4.69) is 16.4 Å². The van der Waals surface area contributed by atoms with Gasteiger partial charge in [0.15, 0.2) is 0 Å². The number of fused-ring (bicyclic) bond motifs is 3. The van der Waals surface area contributed by atoms with Crippen molar-refractivity contribution in [1.29, 1.82) is 5.26 Å². The molecular weight excluding hydrogens is 510 g/mol. The average molecular weight is 541 g/mol. The first kappa shape index (κ1) is 27.2. The van der Waals surface area contributed by atoms with Crippen LogP contribution in [0.25, 0.3) is 6.08 Å². The SMILES string of the molecule is C[C@H](c1cc(F)cc(F)c1)N(CC=Cc1cc2c(cc1C#N)C[C@]1(C2)C(=O)Nc2ncccc21)C(=O)C(C)(C)C. The lowest BCUT2D eigenvalue weighted by molar-refractivity contribution is -0.141. The number of nitrogens with zero attached hydrogens (tertiary/aromatic N) is 3. The van der Waals surface area contributed by atoms with Gasteiger partial charge in [0.05, 0.1) is 23.1 Å². The maximum Gasteiger partial charge on any atom is 0.237 e. The van der Waals surface area contributed by atoms with E-state index in [1.165, 1.54) is 12.1 Å². The molecule has 6 nitrogen and oxygen atoms in total. The molecule has 204 valence electrons. The molecule has 2 aromatic carbocycles. The van der Waals surface area contributed by atoms with E-state index in [0.29, 0.717) is 35.3 Å². The Bertz CT molecular complexity index is 1580. The molecule has 5 rings (SSSR count). The minimum absolute atomic E-state index is 0.0906. The molecule has 3 aromatic rings. The van der Waals surface area contributed by atoms with Crippen LogP contribution in [-0.4, -0.2) is 28.2 Å². The number of carbonyl (C=O) groups is 2. The second kappa shape index (κ2) is 9.98. The van der Waals surface area contributed by atoms with Crippen LogP contribution in [0.1, 0.15) is 67.1 Å². The van der Waals surface area contributed by atoms with Gasteiger partial charge in [-0.2, -0.15) is 5.26 Å². The highest BCUT2D eigenvalue weighted by molar-refractivity contribution is 6.06. The number of rotatable bonds is 5. The predicted molar refractivity (Wildman–Crippen MR) is 148 cm³/mol. The Hall–Kier alpha value is -4.38. The van der Waals surface area contributed by atoms with E-state index in [1.54, 1.807) is 50.9 Å². The third-order valence-electron chi connectivity index (χ3n) is 7.80. The predicted octanol–water partition coefficient (Wildman–Crippen LogP) is 5.87. The van der Waals surface area contributed by atoms with E-state index in [0.717, 1.165) is 22.8 Å². The van der Waals surface area contributed by atoms with Gasteiger partial charge >= 0.3 is 0 Å². The molecule has 8 heteroatoms. The Morgan fingerprint density at radius 1 is 1.18 bits per heavy atom. The van der Waals surface area contributed by atoms with Crippen molar-refractivity contribution in [2.24, 2.45) is 5.41 Å². The summed E-state index contributed by atoms with van der Waals surface area (Å²) < 4.78 is 27.9. The number of anilines is 1. The summed E-state index contributed by atoms with van der Waals surface area (Å²) in [5, 5.41) is 12.8. The van der Waals surface area contributed by atoms with Crippen molar-refractivity contribution in [3.05, 3.63) is 99.8 Å². The van der Waals surface area contributed by atoms with Crippen LogP contribution in [0, 0.1) is 28.4 Å². The number of aromatic nitrogens is 1. The van der Waals surface area contributed by atoms with Crippen LogP contribution in [0.4, 0.5) is 14.6 Å². The lowest BCUT2D eigenvalue weighted by Crippen LogP contribution is -2.41. The quantitative estimate of drug-likeness (QED) is 0.439. The van der Waals surface area contributed by atoms with Gasteiger partial charge in [-0.1, -0.05) is 45.1 Å². The van der Waals surface area contributed by atoms with E-state index >= 15 is 0 Å². The Morgan fingerprint density at radius 3 is 2.50 bits per heavy atom. The zero-order chi connectivity index (χ0) is 28.8. The number of carbonyl (C=O) groups excluding carboxylic acids is 2. The van der Waals surface area contributed by atoms with Crippen molar-refractivity contribution in [2.45, 2.75) is 52.0 Å². The summed E-state index contributed by atoms with van der Waals surface area (Å²) in [7, 11) is 0. The average Bonchev–Trinajstić information content (AvgIpc) is 3.40. The fourth-order valence-corrected chi connectivity index (χ4v) is 5.71. The molecule has 0 fully saturated rings. The van der Waals surface area contributed by atoms with Gasteiger partial charge in [-0.3, -0.25) is 9.59 Å². The van der Waals surface area contributed by atoms with Gasteiger partial charge in [-0.25, -0.2) is 13.8 Å². The van der Waals surface area contributed by atoms with Crippen LogP contribution < -0.4 is 5.32 Å². The van der Waals surface area contributed by atoms with Gasteiger partial charge in [0.25, 0.3) is 0 Å². The number of hydrogen-bond donors (Lipinski definition) is 1. The summed E-state index contributed by atoms with van der Waals surface area (Å²) in [6.45, 7) is 7.29. The van der Waals surface area contributed by atoms with Gasteiger partial charge in [0.2, 0.25) is 11.8 Å². The molecule has 1 N–H and O–H groups in total. The molecule has 0 saturated heterocycles. The summed E-state index contributed by atoms with van der Waals surface area (Å²) in [5.41, 5.74) is 2.83. The summed E-state index contributed by atoms with van der Waals surface area (Å²) in [4.78, 5) is 32.3. The third-order valence-corrected chi connectivity index (χ3v) is 7.80. The van der Waals surface area contributed by atoms with Crippen molar-refractivity contribution in [2.75, 3.05) is 11.9 Å². The van der Waals surface area contributed by atoms with Gasteiger partial charge < -0.3 is 10.2 Å². The number of hydrogen-bond acceptors (Lipinski definition) is 4. The Morgan fingerprint density at radius 2 is 1.85 bits per heavy atom. The van der Waals surface area contributed by atoms with Gasteiger partial charge in [0, 0.05) is 29.8 Å². The first-order valence-corrected chi connectivity index (χ1v) is 13.2. The topological polar surface area (TPSA) is 86.1 Å². The van der Waals surface area contributed by atoms with Crippen molar-refractivity contribution in [3.8, 4) is 6.07 Å². The summed E-state index contributed by atoms with van der Waals surface area (Å²) in [5.74, 6) is -1.09. The molecule has 0 bridgehead atoms. The normalized spacial score (nSPS) is 18.4. The maximum atomic E-state index is 14.0. The molecule has 2 heterocycles. The maximum absolute atomic E-state index is 14.0. The molecule has 2 atom stereocenters. The van der Waals surface area contributed by atoms with Crippen LogP contribution >= 0.6 is 0 Å². The van der Waals surface area contributed by atoms with Gasteiger partial charge in [-0.15, -0.1) is 0 Å². The number of pyridine rings is 1. The lowest BCUT2D eigenvalue weighted by Gasteiger charge is -2.34. The highest BCUT2D eigenvalue weighted by Gasteiger charge is 2.51. The summed E-state index contributed by atoms with van der Waals surface area (Å²) in [6.07, 6.45) is 6.20. The molecule has 0 unspecified atom stereocenters. The zero-order valence-electron chi connectivity index (χ0n) is 22.9. The van der Waals surface area contributed by atoms with Gasteiger partial charge in [-0.05, 0) is 66.3 Å². The Kier molecular flexibility index (Phi) is 6.79. The van der Waals surface area contributed by atoms with Crippen LogP contribution in [0.2, 0.25) is 0 Å². The molecule has 2 aliphatic rings. The molecule has 1 aliphatic carbocycles. The molecule has 1 aromatic heterocycles. The van der Waals surface area contributed by atoms with Crippen molar-refractivity contribution >= 4 is 23.7 Å². The van der Waals surface area contributed by atoms with E-state index in [1.807, 2.05) is 24.3 Å². The molecule has 40 heavy (non-hydrogen) atoms. The second-order valence-corrected chi connectivity index (χ2v) is 11.6. The second-order valence-electron chi connectivity index (χ2n) is 11.6. The van der Waals surface area contributed by atoms with Crippen LogP contribution in [0.15, 0.2) is 54.7 Å². The van der Waals surface area contributed by atoms with Gasteiger partial charge in [0.1, 0.15) is 17.5 Å². The summed E-state index contributed by atoms with van der Waals surface area (Å²) in [6, 6.07) is 12.4. The first-order chi connectivity index (χ1) is 18.9. The van der Waals surface area contributed by atoms with Crippen molar-refractivity contribution in [3.63, 3.8) is 0 Å². The van der Waals surface area contributed by atoms with Crippen molar-refractivity contribution < 1.29 is 18.4 Å². The van der Waals surface area contributed by atoms with Crippen LogP contribution in [0.3, 0.4) is 0 Å². The Labute approximate surface area is 232 Å². The van der Waals surface area contributed by atoms with E-state index in [9.17, 15) is 23.6 Å². The number of nitriles is 1. The Balaban J connectivity index is 1.44. The zero-order valence-corrected chi connectivity index (χ0v) is 22.9. The largest absolute Gasteiger partial charge is 0.332 e. The van der Waals surface area contributed by atoms with Crippen LogP contribution in [0.5, 0.6) is 0 Å². The fraction of sp³-hybridized carbons (Fsp3) is 0.312. The lowest BCUT2D eigenvalue weighted by atomic mass is 9.79. The fourth-order valence-electron chi connectivity index (χ4n) is 5.71. The number of nitrogens with one attached hydrogen (secondary N) is 1. The first-order valence-electron chi connectivity index (χ1n) is 13.2. The number of amides is 2. The van der Waals surface area contributed by atoms with Crippen LogP contribution in [-0.2, 0) is 27.8 Å². The highest BCUT2D eigenvalue weighted by atomic mass is 19.1. The minimum atomic E-state index is -0.743. The molecular formula is C32H30F2N4O2. The van der Waals surface area contributed by atoms with Crippen molar-refractivity contribution in [1.82, 2.24) is 9.88 Å². The van der Waals surface area contributed by atoms with E-state index in [4.69, 9.17) is 0 Å². The highest BCUT2D eigenvalue weighted by Crippen LogP contribution is 2.47. The molecule has 0 radical (unpaired) electrons. The van der Waals surface area contributed by atoms with E-state index in [-0.39, 0.29) is 18.4 Å². The van der Waals surface area contributed by atoms with E-state index < -0.39 is 28.5 Å². The molecule has 2 amide bonds.